The van der Waals surface area contributed by atoms with Gasteiger partial charge in [-0.25, -0.2) is 0 Å². The normalized spacial score (nSPS) is 13.1. The molecule has 2 nitrogen and oxygen atoms in total. The minimum absolute atomic E-state index is 0.947. The summed E-state index contributed by atoms with van der Waals surface area (Å²) in [5.74, 6) is 0. The zero-order chi connectivity index (χ0) is 12.9. The van der Waals surface area contributed by atoms with Crippen molar-refractivity contribution in [3.8, 4) is 0 Å². The van der Waals surface area contributed by atoms with Crippen molar-refractivity contribution in [2.24, 2.45) is 0 Å². The smallest absolute Gasteiger partial charge is 0.0419 e. The number of benzene rings is 2. The molecule has 1 aliphatic rings. The molecule has 0 saturated carbocycles. The van der Waals surface area contributed by atoms with Gasteiger partial charge in [0.1, 0.15) is 0 Å². The molecule has 2 aromatic carbocycles. The minimum Gasteiger partial charge on any atom is -0.384 e. The second kappa shape index (κ2) is 5.89. The SMILES string of the molecule is c1ccc(CCNCc2cccc3c2NCC3)cc1. The van der Waals surface area contributed by atoms with Gasteiger partial charge in [-0.05, 0) is 36.1 Å². The third-order valence-corrected chi connectivity index (χ3v) is 3.68. The van der Waals surface area contributed by atoms with Crippen molar-refractivity contribution in [1.82, 2.24) is 5.32 Å². The summed E-state index contributed by atoms with van der Waals surface area (Å²) in [6, 6.07) is 17.2. The Bertz CT molecular complexity index is 534. The summed E-state index contributed by atoms with van der Waals surface area (Å²) in [5, 5.41) is 7.03. The van der Waals surface area contributed by atoms with E-state index in [1.807, 2.05) is 0 Å². The van der Waals surface area contributed by atoms with Crippen molar-refractivity contribution in [3.05, 3.63) is 65.2 Å². The maximum atomic E-state index is 3.54. The molecule has 2 heteroatoms. The molecule has 0 atom stereocenters. The van der Waals surface area contributed by atoms with Crippen molar-refractivity contribution >= 4 is 5.69 Å². The van der Waals surface area contributed by atoms with Gasteiger partial charge in [-0.3, -0.25) is 0 Å². The van der Waals surface area contributed by atoms with Gasteiger partial charge in [-0.15, -0.1) is 0 Å². The third kappa shape index (κ3) is 2.96. The van der Waals surface area contributed by atoms with Crippen LogP contribution in [0.1, 0.15) is 16.7 Å². The van der Waals surface area contributed by atoms with Crippen LogP contribution in [-0.4, -0.2) is 13.1 Å². The predicted molar refractivity (Wildman–Crippen MR) is 80.5 cm³/mol. The molecule has 1 aliphatic heterocycles. The molecule has 0 bridgehead atoms. The first-order valence-corrected chi connectivity index (χ1v) is 7.03. The van der Waals surface area contributed by atoms with Crippen LogP contribution in [0, 0.1) is 0 Å². The van der Waals surface area contributed by atoms with Gasteiger partial charge in [0, 0.05) is 18.8 Å². The van der Waals surface area contributed by atoms with E-state index in [1.165, 1.54) is 22.4 Å². The lowest BCUT2D eigenvalue weighted by atomic mass is 10.1. The molecule has 2 N–H and O–H groups in total. The van der Waals surface area contributed by atoms with E-state index in [4.69, 9.17) is 0 Å². The molecular formula is C17H20N2. The predicted octanol–water partition coefficient (Wildman–Crippen LogP) is 2.99. The van der Waals surface area contributed by atoms with Crippen LogP contribution in [0.15, 0.2) is 48.5 Å². The Kier molecular flexibility index (Phi) is 3.80. The monoisotopic (exact) mass is 252 g/mol. The van der Waals surface area contributed by atoms with Crippen molar-refractivity contribution in [3.63, 3.8) is 0 Å². The van der Waals surface area contributed by atoms with Crippen LogP contribution in [0.2, 0.25) is 0 Å². The van der Waals surface area contributed by atoms with Crippen LogP contribution in [0.4, 0.5) is 5.69 Å². The van der Waals surface area contributed by atoms with Crippen LogP contribution in [0.25, 0.3) is 0 Å². The van der Waals surface area contributed by atoms with Crippen LogP contribution in [0.3, 0.4) is 0 Å². The molecule has 2 aromatic rings. The number of rotatable bonds is 5. The van der Waals surface area contributed by atoms with Crippen LogP contribution < -0.4 is 10.6 Å². The Hall–Kier alpha value is -1.80. The average Bonchev–Trinajstić information content (AvgIpc) is 2.94. The van der Waals surface area contributed by atoms with Crippen molar-refractivity contribution < 1.29 is 0 Å². The Morgan fingerprint density at radius 2 is 1.89 bits per heavy atom. The molecule has 0 spiro atoms. The topological polar surface area (TPSA) is 24.1 Å². The number of fused-ring (bicyclic) bond motifs is 1. The molecule has 3 rings (SSSR count). The lowest BCUT2D eigenvalue weighted by Crippen LogP contribution is -2.17. The third-order valence-electron chi connectivity index (χ3n) is 3.68. The number of nitrogens with one attached hydrogen (secondary N) is 2. The van der Waals surface area contributed by atoms with Gasteiger partial charge in [-0.2, -0.15) is 0 Å². The summed E-state index contributed by atoms with van der Waals surface area (Å²) >= 11 is 0. The van der Waals surface area contributed by atoms with Gasteiger partial charge in [0.05, 0.1) is 0 Å². The van der Waals surface area contributed by atoms with E-state index in [0.717, 1.165) is 32.5 Å². The fourth-order valence-electron chi connectivity index (χ4n) is 2.66. The van der Waals surface area contributed by atoms with E-state index in [2.05, 4.69) is 59.2 Å². The lowest BCUT2D eigenvalue weighted by Gasteiger charge is -2.10. The maximum absolute atomic E-state index is 3.54. The fourth-order valence-corrected chi connectivity index (χ4v) is 2.66. The van der Waals surface area contributed by atoms with Crippen LogP contribution in [0.5, 0.6) is 0 Å². The summed E-state index contributed by atoms with van der Waals surface area (Å²) in [4.78, 5) is 0. The Balaban J connectivity index is 1.52. The zero-order valence-corrected chi connectivity index (χ0v) is 11.2. The van der Waals surface area contributed by atoms with Crippen molar-refractivity contribution in [2.75, 3.05) is 18.4 Å². The summed E-state index contributed by atoms with van der Waals surface area (Å²) in [5.41, 5.74) is 5.60. The standard InChI is InChI=1S/C17H20N2/c1-2-5-14(6-3-1)9-11-18-13-16-8-4-7-15-10-12-19-17(15)16/h1-8,18-19H,9-13H2. The Morgan fingerprint density at radius 1 is 1.00 bits per heavy atom. The van der Waals surface area contributed by atoms with Gasteiger partial charge in [0.2, 0.25) is 0 Å². The van der Waals surface area contributed by atoms with E-state index < -0.39 is 0 Å². The minimum atomic E-state index is 0.947. The van der Waals surface area contributed by atoms with Gasteiger partial charge >= 0.3 is 0 Å². The first-order valence-electron chi connectivity index (χ1n) is 7.03. The summed E-state index contributed by atoms with van der Waals surface area (Å²) in [6.07, 6.45) is 2.25. The van der Waals surface area contributed by atoms with E-state index in [0.29, 0.717) is 0 Å². The van der Waals surface area contributed by atoms with Crippen LogP contribution >= 0.6 is 0 Å². The summed E-state index contributed by atoms with van der Waals surface area (Å²) < 4.78 is 0. The number of hydrogen-bond acceptors (Lipinski definition) is 2. The maximum Gasteiger partial charge on any atom is 0.0419 e. The molecule has 0 aliphatic carbocycles. The number of para-hydroxylation sites is 1. The zero-order valence-electron chi connectivity index (χ0n) is 11.2. The Labute approximate surface area is 114 Å². The van der Waals surface area contributed by atoms with Crippen molar-refractivity contribution in [1.29, 1.82) is 0 Å². The van der Waals surface area contributed by atoms with Crippen LogP contribution in [-0.2, 0) is 19.4 Å². The molecule has 0 amide bonds. The summed E-state index contributed by atoms with van der Waals surface area (Å²) in [7, 11) is 0. The van der Waals surface area contributed by atoms with E-state index >= 15 is 0 Å². The molecule has 1 heterocycles. The lowest BCUT2D eigenvalue weighted by molar-refractivity contribution is 0.688. The van der Waals surface area contributed by atoms with Crippen molar-refractivity contribution in [2.45, 2.75) is 19.4 Å². The molecule has 19 heavy (non-hydrogen) atoms. The highest BCUT2D eigenvalue weighted by atomic mass is 14.9. The van der Waals surface area contributed by atoms with E-state index in [-0.39, 0.29) is 0 Å². The molecule has 98 valence electrons. The fraction of sp³-hybridized carbons (Fsp3) is 0.294. The highest BCUT2D eigenvalue weighted by Gasteiger charge is 2.12. The molecule has 0 unspecified atom stereocenters. The quantitative estimate of drug-likeness (QED) is 0.799. The number of hydrogen-bond donors (Lipinski definition) is 2. The second-order valence-electron chi connectivity index (χ2n) is 5.04. The van der Waals surface area contributed by atoms with E-state index in [1.54, 1.807) is 0 Å². The highest BCUT2D eigenvalue weighted by molar-refractivity contribution is 5.61. The molecule has 0 radical (unpaired) electrons. The largest absolute Gasteiger partial charge is 0.384 e. The molecule has 0 aromatic heterocycles. The van der Waals surface area contributed by atoms with Gasteiger partial charge < -0.3 is 10.6 Å². The highest BCUT2D eigenvalue weighted by Crippen LogP contribution is 2.26. The first kappa shape index (κ1) is 12.2. The second-order valence-corrected chi connectivity index (χ2v) is 5.04. The molecule has 0 saturated heterocycles. The summed E-state index contributed by atoms with van der Waals surface area (Å²) in [6.45, 7) is 3.05. The Morgan fingerprint density at radius 3 is 2.79 bits per heavy atom. The molecule has 0 fully saturated rings. The van der Waals surface area contributed by atoms with Gasteiger partial charge in [-0.1, -0.05) is 48.5 Å². The molecular weight excluding hydrogens is 232 g/mol. The van der Waals surface area contributed by atoms with Gasteiger partial charge in [0.25, 0.3) is 0 Å². The average molecular weight is 252 g/mol. The van der Waals surface area contributed by atoms with Gasteiger partial charge in [0.15, 0.2) is 0 Å². The van der Waals surface area contributed by atoms with E-state index in [9.17, 15) is 0 Å². The first-order chi connectivity index (χ1) is 9.43. The number of anilines is 1.